The van der Waals surface area contributed by atoms with E-state index in [1.54, 1.807) is 36.7 Å². The van der Waals surface area contributed by atoms with Gasteiger partial charge in [0, 0.05) is 12.4 Å². The number of aromatic nitrogens is 1. The smallest absolute Gasteiger partial charge is 0.212 e. The third-order valence-electron chi connectivity index (χ3n) is 3.12. The van der Waals surface area contributed by atoms with Gasteiger partial charge in [-0.05, 0) is 29.7 Å². The average molecular weight is 306 g/mol. The third-order valence-corrected chi connectivity index (χ3v) is 4.50. The van der Waals surface area contributed by atoms with E-state index in [1.165, 1.54) is 0 Å². The molecule has 0 radical (unpaired) electrons. The zero-order valence-corrected chi connectivity index (χ0v) is 12.3. The second kappa shape index (κ2) is 7.31. The first kappa shape index (κ1) is 15.6. The number of benzene rings is 1. The van der Waals surface area contributed by atoms with Crippen molar-refractivity contribution >= 4 is 10.0 Å². The van der Waals surface area contributed by atoms with E-state index in [1.807, 2.05) is 18.2 Å². The maximum Gasteiger partial charge on any atom is 0.212 e. The van der Waals surface area contributed by atoms with Gasteiger partial charge in [0.1, 0.15) is 0 Å². The molecule has 1 aromatic heterocycles. The van der Waals surface area contributed by atoms with E-state index < -0.39 is 16.1 Å². The van der Waals surface area contributed by atoms with Crippen molar-refractivity contribution in [3.05, 3.63) is 66.0 Å². The number of hydrogen-bond donors (Lipinski definition) is 2. The van der Waals surface area contributed by atoms with E-state index in [0.717, 1.165) is 11.1 Å². The topological polar surface area (TPSA) is 79.3 Å². The molecule has 0 unspecified atom stereocenters. The predicted molar refractivity (Wildman–Crippen MR) is 81.1 cm³/mol. The number of aliphatic hydroxyl groups is 1. The molecule has 0 fully saturated rings. The molecule has 2 N–H and O–H groups in total. The van der Waals surface area contributed by atoms with Gasteiger partial charge in [-0.15, -0.1) is 0 Å². The van der Waals surface area contributed by atoms with E-state index in [9.17, 15) is 13.5 Å². The summed E-state index contributed by atoms with van der Waals surface area (Å²) in [5.74, 6) is -0.0274. The lowest BCUT2D eigenvalue weighted by Crippen LogP contribution is -2.33. The average Bonchev–Trinajstić information content (AvgIpc) is 2.53. The van der Waals surface area contributed by atoms with Gasteiger partial charge in [0.2, 0.25) is 10.0 Å². The van der Waals surface area contributed by atoms with Crippen LogP contribution in [0.1, 0.15) is 17.2 Å². The first-order valence-electron chi connectivity index (χ1n) is 6.65. The van der Waals surface area contributed by atoms with Gasteiger partial charge in [-0.1, -0.05) is 30.3 Å². The normalized spacial score (nSPS) is 13.0. The fourth-order valence-electron chi connectivity index (χ4n) is 1.97. The number of aliphatic hydroxyl groups excluding tert-OH is 1. The predicted octanol–water partition coefficient (Wildman–Crippen LogP) is 1.28. The summed E-state index contributed by atoms with van der Waals surface area (Å²) < 4.78 is 26.8. The number of nitrogens with zero attached hydrogens (tertiary/aromatic N) is 1. The number of nitrogens with one attached hydrogen (secondary N) is 1. The van der Waals surface area contributed by atoms with Crippen molar-refractivity contribution in [1.29, 1.82) is 0 Å². The van der Waals surface area contributed by atoms with Crippen LogP contribution >= 0.6 is 0 Å². The highest BCUT2D eigenvalue weighted by atomic mass is 32.2. The van der Waals surface area contributed by atoms with Crippen LogP contribution < -0.4 is 4.72 Å². The Kier molecular flexibility index (Phi) is 5.44. The summed E-state index contributed by atoms with van der Waals surface area (Å²) in [6, 6.07) is 12.0. The van der Waals surface area contributed by atoms with Crippen molar-refractivity contribution in [2.75, 3.05) is 12.4 Å². The van der Waals surface area contributed by atoms with Crippen molar-refractivity contribution in [2.45, 2.75) is 12.5 Å². The number of sulfonamides is 1. The first-order valence-corrected chi connectivity index (χ1v) is 8.30. The Bertz CT molecular complexity index is 645. The molecule has 1 aromatic carbocycles. The fraction of sp³-hybridized carbons (Fsp3) is 0.267. The summed E-state index contributed by atoms with van der Waals surface area (Å²) in [6.07, 6.45) is 3.68. The van der Waals surface area contributed by atoms with Gasteiger partial charge in [0.15, 0.2) is 0 Å². The van der Waals surface area contributed by atoms with Gasteiger partial charge < -0.3 is 5.11 Å². The van der Waals surface area contributed by atoms with E-state index in [0.29, 0.717) is 6.42 Å². The molecular weight excluding hydrogens is 288 g/mol. The van der Waals surface area contributed by atoms with Crippen LogP contribution in [0.3, 0.4) is 0 Å². The molecule has 0 bridgehead atoms. The highest BCUT2D eigenvalue weighted by Gasteiger charge is 2.18. The molecule has 0 aliphatic heterocycles. The van der Waals surface area contributed by atoms with Crippen LogP contribution in [0.4, 0.5) is 0 Å². The minimum Gasteiger partial charge on any atom is -0.394 e. The summed E-state index contributed by atoms with van der Waals surface area (Å²) in [6.45, 7) is -0.279. The van der Waals surface area contributed by atoms with Crippen molar-refractivity contribution in [1.82, 2.24) is 9.71 Å². The van der Waals surface area contributed by atoms with Crippen LogP contribution in [-0.2, 0) is 16.4 Å². The Labute approximate surface area is 124 Å². The van der Waals surface area contributed by atoms with Crippen molar-refractivity contribution in [2.24, 2.45) is 0 Å². The molecule has 0 spiro atoms. The van der Waals surface area contributed by atoms with Gasteiger partial charge in [0.25, 0.3) is 0 Å². The van der Waals surface area contributed by atoms with Gasteiger partial charge in [-0.25, -0.2) is 13.1 Å². The highest BCUT2D eigenvalue weighted by Crippen LogP contribution is 2.13. The summed E-state index contributed by atoms with van der Waals surface area (Å²) in [7, 11) is -3.47. The molecule has 6 heteroatoms. The lowest BCUT2D eigenvalue weighted by molar-refractivity contribution is 0.259. The zero-order valence-electron chi connectivity index (χ0n) is 11.5. The molecule has 0 saturated heterocycles. The number of aryl methyl sites for hydroxylation is 1. The Balaban J connectivity index is 1.99. The van der Waals surface area contributed by atoms with Crippen molar-refractivity contribution in [3.8, 4) is 0 Å². The van der Waals surface area contributed by atoms with Gasteiger partial charge in [0.05, 0.1) is 18.4 Å². The van der Waals surface area contributed by atoms with Crippen LogP contribution in [0.15, 0.2) is 54.9 Å². The summed E-state index contributed by atoms with van der Waals surface area (Å²) >= 11 is 0. The minimum absolute atomic E-state index is 0.0274. The maximum atomic E-state index is 12.1. The number of hydrogen-bond acceptors (Lipinski definition) is 4. The quantitative estimate of drug-likeness (QED) is 0.807. The Morgan fingerprint density at radius 3 is 2.38 bits per heavy atom. The van der Waals surface area contributed by atoms with Crippen molar-refractivity contribution in [3.63, 3.8) is 0 Å². The molecule has 2 rings (SSSR count). The molecule has 0 saturated carbocycles. The third kappa shape index (κ3) is 4.93. The fourth-order valence-corrected chi connectivity index (χ4v) is 3.24. The standard InChI is InChI=1S/C15H18N2O3S/c18-12-15(14-4-2-1-3-5-14)17-21(19,20)11-8-13-6-9-16-10-7-13/h1-7,9-10,15,17-18H,8,11-12H2/t15-/m1/s1. The first-order chi connectivity index (χ1) is 10.1. The monoisotopic (exact) mass is 306 g/mol. The van der Waals surface area contributed by atoms with Crippen LogP contribution in [0, 0.1) is 0 Å². The second-order valence-electron chi connectivity index (χ2n) is 4.69. The summed E-state index contributed by atoms with van der Waals surface area (Å²) in [5, 5.41) is 9.39. The van der Waals surface area contributed by atoms with Crippen molar-refractivity contribution < 1.29 is 13.5 Å². The van der Waals surface area contributed by atoms with Crippen LogP contribution in [0.25, 0.3) is 0 Å². The van der Waals surface area contributed by atoms with Crippen LogP contribution in [0.2, 0.25) is 0 Å². The molecular formula is C15H18N2O3S. The molecule has 1 atom stereocenters. The van der Waals surface area contributed by atoms with E-state index in [2.05, 4.69) is 9.71 Å². The number of rotatable bonds is 7. The second-order valence-corrected chi connectivity index (χ2v) is 6.56. The molecule has 112 valence electrons. The minimum atomic E-state index is -3.47. The Hall–Kier alpha value is -1.76. The lowest BCUT2D eigenvalue weighted by Gasteiger charge is -2.16. The molecule has 2 aromatic rings. The Morgan fingerprint density at radius 1 is 1.10 bits per heavy atom. The van der Waals surface area contributed by atoms with Gasteiger partial charge >= 0.3 is 0 Å². The maximum absolute atomic E-state index is 12.1. The van der Waals surface area contributed by atoms with E-state index in [4.69, 9.17) is 0 Å². The highest BCUT2D eigenvalue weighted by molar-refractivity contribution is 7.89. The summed E-state index contributed by atoms with van der Waals surface area (Å²) in [4.78, 5) is 3.89. The van der Waals surface area contributed by atoms with Gasteiger partial charge in [-0.2, -0.15) is 0 Å². The Morgan fingerprint density at radius 2 is 1.76 bits per heavy atom. The lowest BCUT2D eigenvalue weighted by atomic mass is 10.1. The zero-order chi connectivity index (χ0) is 15.1. The molecule has 5 nitrogen and oxygen atoms in total. The van der Waals surface area contributed by atoms with E-state index in [-0.39, 0.29) is 12.4 Å². The number of pyridine rings is 1. The summed E-state index contributed by atoms with van der Waals surface area (Å²) in [5.41, 5.74) is 1.66. The largest absolute Gasteiger partial charge is 0.394 e. The SMILES string of the molecule is O=S(=O)(CCc1ccncc1)N[C@H](CO)c1ccccc1. The molecule has 1 heterocycles. The van der Waals surface area contributed by atoms with Gasteiger partial charge in [-0.3, -0.25) is 4.98 Å². The van der Waals surface area contributed by atoms with E-state index >= 15 is 0 Å². The molecule has 0 amide bonds. The molecule has 0 aliphatic carbocycles. The van der Waals surface area contributed by atoms with Crippen LogP contribution in [0.5, 0.6) is 0 Å². The molecule has 0 aliphatic rings. The molecule has 21 heavy (non-hydrogen) atoms. The van der Waals surface area contributed by atoms with Crippen LogP contribution in [-0.4, -0.2) is 30.9 Å².